The molecule has 0 fully saturated rings. The van der Waals surface area contributed by atoms with E-state index >= 15 is 0 Å². The van der Waals surface area contributed by atoms with Gasteiger partial charge in [0.1, 0.15) is 17.9 Å². The van der Waals surface area contributed by atoms with Crippen molar-refractivity contribution in [2.45, 2.75) is 19.9 Å². The molecule has 11 nitrogen and oxygen atoms in total. The van der Waals surface area contributed by atoms with Gasteiger partial charge < -0.3 is 10.6 Å². The van der Waals surface area contributed by atoms with Crippen LogP contribution in [0.5, 0.6) is 0 Å². The van der Waals surface area contributed by atoms with Crippen molar-refractivity contribution in [3.63, 3.8) is 0 Å². The molecule has 0 saturated heterocycles. The molecule has 0 saturated carbocycles. The van der Waals surface area contributed by atoms with Crippen molar-refractivity contribution in [3.8, 4) is 0 Å². The van der Waals surface area contributed by atoms with Gasteiger partial charge >= 0.3 is 5.69 Å². The summed E-state index contributed by atoms with van der Waals surface area (Å²) in [6.07, 6.45) is 2.79. The Bertz CT molecular complexity index is 1070. The number of hydrogen-bond acceptors (Lipinski definition) is 6. The second-order valence-corrected chi connectivity index (χ2v) is 6.39. The lowest BCUT2D eigenvalue weighted by Crippen LogP contribution is -2.25. The van der Waals surface area contributed by atoms with Crippen molar-refractivity contribution in [2.75, 3.05) is 10.6 Å². The number of carbonyl (C=O) groups is 2. The van der Waals surface area contributed by atoms with Crippen LogP contribution in [-0.2, 0) is 11.8 Å². The molecule has 2 N–H and O–H groups in total. The molecule has 0 radical (unpaired) electrons. The highest BCUT2D eigenvalue weighted by molar-refractivity contribution is 6.03. The van der Waals surface area contributed by atoms with Gasteiger partial charge in [-0.15, -0.1) is 0 Å². The lowest BCUT2D eigenvalue weighted by Gasteiger charge is -2.14. The van der Waals surface area contributed by atoms with Gasteiger partial charge in [0.15, 0.2) is 5.69 Å². The van der Waals surface area contributed by atoms with Crippen molar-refractivity contribution in [2.24, 2.45) is 7.05 Å². The monoisotopic (exact) mass is 397 g/mol. The molecular formula is C18H19N7O4. The fourth-order valence-corrected chi connectivity index (χ4v) is 2.71. The van der Waals surface area contributed by atoms with Crippen molar-refractivity contribution in [3.05, 3.63) is 64.2 Å². The maximum atomic E-state index is 12.5. The summed E-state index contributed by atoms with van der Waals surface area (Å²) in [7, 11) is 1.72. The Hall–Kier alpha value is -4.02. The van der Waals surface area contributed by atoms with Gasteiger partial charge in [0.2, 0.25) is 5.91 Å². The lowest BCUT2D eigenvalue weighted by atomic mass is 10.2. The second-order valence-electron chi connectivity index (χ2n) is 6.39. The van der Waals surface area contributed by atoms with Crippen LogP contribution in [0.4, 0.5) is 17.1 Å². The minimum absolute atomic E-state index is 0.141. The molecule has 11 heteroatoms. The predicted molar refractivity (Wildman–Crippen MR) is 105 cm³/mol. The molecule has 0 aliphatic carbocycles. The number of nitro groups is 1. The number of anilines is 2. The van der Waals surface area contributed by atoms with Crippen molar-refractivity contribution in [1.29, 1.82) is 0 Å². The van der Waals surface area contributed by atoms with E-state index in [-0.39, 0.29) is 17.5 Å². The molecule has 0 spiro atoms. The van der Waals surface area contributed by atoms with Gasteiger partial charge in [-0.25, -0.2) is 0 Å². The first kappa shape index (κ1) is 19.7. The number of aryl methyl sites for hydroxylation is 1. The number of amides is 2. The van der Waals surface area contributed by atoms with E-state index in [2.05, 4.69) is 20.8 Å². The van der Waals surface area contributed by atoms with Crippen LogP contribution in [-0.4, -0.2) is 36.3 Å². The van der Waals surface area contributed by atoms with Crippen molar-refractivity contribution < 1.29 is 14.5 Å². The van der Waals surface area contributed by atoms with Crippen LogP contribution in [0.15, 0.2) is 42.7 Å². The predicted octanol–water partition coefficient (Wildman–Crippen LogP) is 2.29. The molecule has 0 bridgehead atoms. The van der Waals surface area contributed by atoms with Crippen LogP contribution >= 0.6 is 0 Å². The van der Waals surface area contributed by atoms with E-state index in [9.17, 15) is 19.7 Å². The molecule has 0 aliphatic rings. The average Bonchev–Trinajstić information content (AvgIpc) is 3.28. The molecular weight excluding hydrogens is 378 g/mol. The van der Waals surface area contributed by atoms with E-state index < -0.39 is 11.0 Å². The Kier molecular flexibility index (Phi) is 5.39. The normalized spacial score (nSPS) is 11.7. The van der Waals surface area contributed by atoms with E-state index in [4.69, 9.17) is 0 Å². The summed E-state index contributed by atoms with van der Waals surface area (Å²) in [5.74, 6) is -0.719. The molecule has 1 aromatic carbocycles. The van der Waals surface area contributed by atoms with Gasteiger partial charge in [-0.1, -0.05) is 0 Å². The number of aromatic nitrogens is 4. The molecule has 2 heterocycles. The van der Waals surface area contributed by atoms with E-state index in [1.165, 1.54) is 16.3 Å². The van der Waals surface area contributed by atoms with Crippen LogP contribution < -0.4 is 10.6 Å². The zero-order valence-corrected chi connectivity index (χ0v) is 16.0. The number of nitrogens with zero attached hydrogens (tertiary/aromatic N) is 5. The minimum atomic E-state index is -0.743. The SMILES string of the molecule is Cc1c([N+](=O)[O-])cnn1C(C)C(=O)Nc1ccc(NC(=O)c2ccn(C)n2)cc1. The van der Waals surface area contributed by atoms with E-state index in [0.717, 1.165) is 6.20 Å². The van der Waals surface area contributed by atoms with Gasteiger partial charge in [-0.3, -0.25) is 29.1 Å². The molecule has 1 unspecified atom stereocenters. The van der Waals surface area contributed by atoms with Gasteiger partial charge in [0, 0.05) is 24.6 Å². The topological polar surface area (TPSA) is 137 Å². The zero-order valence-electron chi connectivity index (χ0n) is 16.0. The molecule has 0 aliphatic heterocycles. The van der Waals surface area contributed by atoms with E-state index in [0.29, 0.717) is 22.8 Å². The Balaban J connectivity index is 1.64. The highest BCUT2D eigenvalue weighted by atomic mass is 16.6. The first-order valence-electron chi connectivity index (χ1n) is 8.66. The highest BCUT2D eigenvalue weighted by Gasteiger charge is 2.23. The van der Waals surface area contributed by atoms with Gasteiger partial charge in [-0.2, -0.15) is 10.2 Å². The van der Waals surface area contributed by atoms with Crippen LogP contribution in [0.1, 0.15) is 29.1 Å². The molecule has 1 atom stereocenters. The molecule has 2 amide bonds. The second kappa shape index (κ2) is 7.92. The summed E-state index contributed by atoms with van der Waals surface area (Å²) in [5, 5.41) is 24.3. The molecule has 150 valence electrons. The quantitative estimate of drug-likeness (QED) is 0.484. The van der Waals surface area contributed by atoms with E-state index in [1.807, 2.05) is 0 Å². The first-order valence-corrected chi connectivity index (χ1v) is 8.66. The number of rotatable bonds is 6. The lowest BCUT2D eigenvalue weighted by molar-refractivity contribution is -0.385. The number of hydrogen-bond donors (Lipinski definition) is 2. The van der Waals surface area contributed by atoms with Crippen LogP contribution in [0.2, 0.25) is 0 Å². The summed E-state index contributed by atoms with van der Waals surface area (Å²) in [6.45, 7) is 3.13. The molecule has 3 rings (SSSR count). The van der Waals surface area contributed by atoms with Gasteiger partial charge in [-0.05, 0) is 44.2 Å². The Morgan fingerprint density at radius 3 is 2.28 bits per heavy atom. The third-order valence-electron chi connectivity index (χ3n) is 4.32. The highest BCUT2D eigenvalue weighted by Crippen LogP contribution is 2.21. The number of benzene rings is 1. The first-order chi connectivity index (χ1) is 13.8. The third kappa shape index (κ3) is 4.29. The molecule has 3 aromatic rings. The van der Waals surface area contributed by atoms with E-state index in [1.54, 1.807) is 50.5 Å². The van der Waals surface area contributed by atoms with Crippen LogP contribution in [0, 0.1) is 17.0 Å². The summed E-state index contributed by atoms with van der Waals surface area (Å²) in [6, 6.07) is 7.42. The average molecular weight is 397 g/mol. The van der Waals surface area contributed by atoms with Crippen LogP contribution in [0.3, 0.4) is 0 Å². The standard InChI is InChI=1S/C18H19N7O4/c1-11-16(25(28)29)10-19-24(11)12(2)17(26)20-13-4-6-14(7-5-13)21-18(27)15-8-9-23(3)22-15/h4-10,12H,1-3H3,(H,20,26)(H,21,27). The number of carbonyl (C=O) groups excluding carboxylic acids is 2. The maximum Gasteiger partial charge on any atom is 0.309 e. The number of nitrogens with one attached hydrogen (secondary N) is 2. The maximum absolute atomic E-state index is 12.5. The van der Waals surface area contributed by atoms with Gasteiger partial charge in [0.05, 0.1) is 4.92 Å². The third-order valence-corrected chi connectivity index (χ3v) is 4.32. The Morgan fingerprint density at radius 1 is 1.14 bits per heavy atom. The van der Waals surface area contributed by atoms with Crippen molar-refractivity contribution in [1.82, 2.24) is 19.6 Å². The Morgan fingerprint density at radius 2 is 1.76 bits per heavy atom. The fraction of sp³-hybridized carbons (Fsp3) is 0.222. The molecule has 29 heavy (non-hydrogen) atoms. The van der Waals surface area contributed by atoms with Crippen molar-refractivity contribution >= 4 is 28.9 Å². The molecule has 2 aromatic heterocycles. The largest absolute Gasteiger partial charge is 0.324 e. The van der Waals surface area contributed by atoms with Crippen LogP contribution in [0.25, 0.3) is 0 Å². The summed E-state index contributed by atoms with van der Waals surface area (Å²) >= 11 is 0. The smallest absolute Gasteiger partial charge is 0.309 e. The summed E-state index contributed by atoms with van der Waals surface area (Å²) in [4.78, 5) is 35.0. The summed E-state index contributed by atoms with van der Waals surface area (Å²) < 4.78 is 2.83. The zero-order chi connectivity index (χ0) is 21.1. The summed E-state index contributed by atoms with van der Waals surface area (Å²) in [5.41, 5.74) is 1.51. The minimum Gasteiger partial charge on any atom is -0.324 e. The van der Waals surface area contributed by atoms with Gasteiger partial charge in [0.25, 0.3) is 5.91 Å². The fourth-order valence-electron chi connectivity index (χ4n) is 2.71. The Labute approximate surface area is 165 Å².